The minimum Gasteiger partial charge on any atom is -0.327 e. The Labute approximate surface area is 102 Å². The first-order valence-corrected chi connectivity index (χ1v) is 7.17. The highest BCUT2D eigenvalue weighted by molar-refractivity contribution is 7.90. The van der Waals surface area contributed by atoms with E-state index in [0.717, 1.165) is 12.8 Å². The first-order valence-electron chi connectivity index (χ1n) is 5.73. The lowest BCUT2D eigenvalue weighted by molar-refractivity contribution is 0.599. The summed E-state index contributed by atoms with van der Waals surface area (Å²) in [5, 5.41) is 0. The Morgan fingerprint density at radius 1 is 1.35 bits per heavy atom. The normalized spacial score (nSPS) is 18.6. The lowest BCUT2D eigenvalue weighted by Crippen LogP contribution is -2.23. The minimum absolute atomic E-state index is 0.0277. The third-order valence-corrected chi connectivity index (χ3v) is 4.19. The summed E-state index contributed by atoms with van der Waals surface area (Å²) >= 11 is 0. The molecule has 2 N–H and O–H groups in total. The van der Waals surface area contributed by atoms with Crippen LogP contribution in [-0.2, 0) is 10.0 Å². The zero-order valence-electron chi connectivity index (χ0n) is 9.76. The van der Waals surface area contributed by atoms with Crippen molar-refractivity contribution in [3.8, 4) is 0 Å². The first-order chi connectivity index (χ1) is 8.04. The van der Waals surface area contributed by atoms with Crippen LogP contribution >= 0.6 is 0 Å². The predicted molar refractivity (Wildman–Crippen MR) is 67.7 cm³/mol. The molecular weight excluding hydrogens is 236 g/mol. The molecule has 1 atom stereocenters. The molecule has 0 radical (unpaired) electrons. The van der Waals surface area contributed by atoms with Crippen molar-refractivity contribution in [2.75, 3.05) is 0 Å². The van der Waals surface area contributed by atoms with Gasteiger partial charge in [-0.05, 0) is 12.5 Å². The maximum atomic E-state index is 11.8. The number of nitrogens with zero attached hydrogens (tertiary/aromatic N) is 1. The molecule has 1 aromatic rings. The van der Waals surface area contributed by atoms with E-state index in [-0.39, 0.29) is 6.04 Å². The van der Waals surface area contributed by atoms with Gasteiger partial charge in [-0.2, -0.15) is 12.8 Å². The van der Waals surface area contributed by atoms with Crippen molar-refractivity contribution in [3.63, 3.8) is 0 Å². The van der Waals surface area contributed by atoms with Crippen molar-refractivity contribution in [1.82, 2.24) is 0 Å². The molecule has 92 valence electrons. The number of rotatable bonds is 4. The zero-order chi connectivity index (χ0) is 12.5. The molecular formula is C12H16N2O2S. The van der Waals surface area contributed by atoms with E-state index in [9.17, 15) is 8.42 Å². The smallest absolute Gasteiger partial charge is 0.283 e. The van der Waals surface area contributed by atoms with E-state index in [1.54, 1.807) is 18.2 Å². The Balaban J connectivity index is 2.32. The molecule has 0 bridgehead atoms. The van der Waals surface area contributed by atoms with Crippen molar-refractivity contribution >= 4 is 15.7 Å². The molecule has 0 saturated heterocycles. The van der Waals surface area contributed by atoms with Gasteiger partial charge >= 0.3 is 0 Å². The van der Waals surface area contributed by atoms with Gasteiger partial charge in [0.2, 0.25) is 0 Å². The zero-order valence-corrected chi connectivity index (χ0v) is 10.6. The first kappa shape index (κ1) is 12.3. The SMILES string of the molecule is CCCC(N)CC1=NS(=O)(=O)c2ccccc21. The molecule has 0 saturated carbocycles. The van der Waals surface area contributed by atoms with Gasteiger partial charge in [0.05, 0.1) is 10.6 Å². The number of benzene rings is 1. The summed E-state index contributed by atoms with van der Waals surface area (Å²) in [6.07, 6.45) is 2.38. The van der Waals surface area contributed by atoms with Crippen molar-refractivity contribution < 1.29 is 8.42 Å². The maximum Gasteiger partial charge on any atom is 0.283 e. The van der Waals surface area contributed by atoms with E-state index in [1.807, 2.05) is 6.07 Å². The number of fused-ring (bicyclic) bond motifs is 1. The molecule has 0 aromatic heterocycles. The van der Waals surface area contributed by atoms with Gasteiger partial charge in [-0.25, -0.2) is 0 Å². The minimum atomic E-state index is -3.48. The van der Waals surface area contributed by atoms with Crippen molar-refractivity contribution in [3.05, 3.63) is 29.8 Å². The van der Waals surface area contributed by atoms with Crippen LogP contribution in [0.1, 0.15) is 31.7 Å². The van der Waals surface area contributed by atoms with E-state index < -0.39 is 10.0 Å². The highest BCUT2D eigenvalue weighted by atomic mass is 32.2. The second-order valence-corrected chi connectivity index (χ2v) is 5.83. The van der Waals surface area contributed by atoms with Crippen LogP contribution in [0.3, 0.4) is 0 Å². The molecule has 1 aromatic carbocycles. The fraction of sp³-hybridized carbons (Fsp3) is 0.417. The summed E-state index contributed by atoms with van der Waals surface area (Å²) in [5.41, 5.74) is 7.24. The largest absolute Gasteiger partial charge is 0.327 e. The molecule has 1 aliphatic heterocycles. The molecule has 4 nitrogen and oxygen atoms in total. The van der Waals surface area contributed by atoms with E-state index in [0.29, 0.717) is 22.6 Å². The van der Waals surface area contributed by atoms with E-state index >= 15 is 0 Å². The van der Waals surface area contributed by atoms with Gasteiger partial charge in [0.15, 0.2) is 0 Å². The van der Waals surface area contributed by atoms with Gasteiger partial charge in [0.1, 0.15) is 0 Å². The molecule has 0 fully saturated rings. The fourth-order valence-corrected chi connectivity index (χ4v) is 3.32. The Bertz CT molecular complexity index is 549. The van der Waals surface area contributed by atoms with Gasteiger partial charge in [0, 0.05) is 18.0 Å². The van der Waals surface area contributed by atoms with Crippen molar-refractivity contribution in [2.45, 2.75) is 37.1 Å². The molecule has 1 unspecified atom stereocenters. The Kier molecular flexibility index (Phi) is 3.31. The number of hydrogen-bond acceptors (Lipinski definition) is 3. The van der Waals surface area contributed by atoms with E-state index in [2.05, 4.69) is 11.3 Å². The van der Waals surface area contributed by atoms with Crippen LogP contribution in [0.5, 0.6) is 0 Å². The Hall–Kier alpha value is -1.20. The Morgan fingerprint density at radius 2 is 2.06 bits per heavy atom. The molecule has 2 rings (SSSR count). The summed E-state index contributed by atoms with van der Waals surface area (Å²) in [6, 6.07) is 6.88. The van der Waals surface area contributed by atoms with E-state index in [1.165, 1.54) is 0 Å². The monoisotopic (exact) mass is 252 g/mol. The van der Waals surface area contributed by atoms with Crippen LogP contribution in [0, 0.1) is 0 Å². The predicted octanol–water partition coefficient (Wildman–Crippen LogP) is 1.70. The van der Waals surface area contributed by atoms with E-state index in [4.69, 9.17) is 5.73 Å². The van der Waals surface area contributed by atoms with Gasteiger partial charge in [-0.15, -0.1) is 0 Å². The van der Waals surface area contributed by atoms with Crippen LogP contribution in [0.4, 0.5) is 0 Å². The standard InChI is InChI=1S/C12H16N2O2S/c1-2-5-9(13)8-11-10-6-3-4-7-12(10)17(15,16)14-11/h3-4,6-7,9H,2,5,8,13H2,1H3. The summed E-state index contributed by atoms with van der Waals surface area (Å²) in [5.74, 6) is 0. The quantitative estimate of drug-likeness (QED) is 0.886. The molecule has 17 heavy (non-hydrogen) atoms. The highest BCUT2D eigenvalue weighted by Crippen LogP contribution is 2.27. The summed E-state index contributed by atoms with van der Waals surface area (Å²) in [4.78, 5) is 0.304. The lowest BCUT2D eigenvalue weighted by Gasteiger charge is -2.09. The molecule has 0 aliphatic carbocycles. The molecule has 0 amide bonds. The van der Waals surface area contributed by atoms with Crippen molar-refractivity contribution in [1.29, 1.82) is 0 Å². The number of sulfonamides is 1. The average Bonchev–Trinajstić information content (AvgIpc) is 2.52. The molecule has 1 aliphatic rings. The third kappa shape index (κ3) is 2.40. The molecule has 5 heteroatoms. The van der Waals surface area contributed by atoms with Gasteiger partial charge in [0.25, 0.3) is 10.0 Å². The second-order valence-electron chi connectivity index (χ2n) is 4.26. The number of hydrogen-bond donors (Lipinski definition) is 1. The molecule has 0 spiro atoms. The second kappa shape index (κ2) is 4.58. The van der Waals surface area contributed by atoms with Gasteiger partial charge < -0.3 is 5.73 Å². The van der Waals surface area contributed by atoms with Crippen molar-refractivity contribution in [2.24, 2.45) is 10.1 Å². The van der Waals surface area contributed by atoms with Crippen LogP contribution in [0.25, 0.3) is 0 Å². The average molecular weight is 252 g/mol. The van der Waals surface area contributed by atoms with Gasteiger partial charge in [-0.3, -0.25) is 0 Å². The molecule has 1 heterocycles. The lowest BCUT2D eigenvalue weighted by atomic mass is 10.0. The number of nitrogens with two attached hydrogens (primary N) is 1. The van der Waals surface area contributed by atoms with Crippen LogP contribution in [0.2, 0.25) is 0 Å². The summed E-state index contributed by atoms with van der Waals surface area (Å²) < 4.78 is 27.4. The topological polar surface area (TPSA) is 72.5 Å². The van der Waals surface area contributed by atoms with Crippen LogP contribution in [0.15, 0.2) is 33.6 Å². The maximum absolute atomic E-state index is 11.8. The van der Waals surface area contributed by atoms with Gasteiger partial charge in [-0.1, -0.05) is 31.5 Å². The highest BCUT2D eigenvalue weighted by Gasteiger charge is 2.28. The van der Waals surface area contributed by atoms with Crippen LogP contribution < -0.4 is 5.73 Å². The third-order valence-electron chi connectivity index (χ3n) is 2.82. The summed E-state index contributed by atoms with van der Waals surface area (Å²) in [6.45, 7) is 2.06. The van der Waals surface area contributed by atoms with Crippen LogP contribution in [-0.4, -0.2) is 20.2 Å². The summed E-state index contributed by atoms with van der Waals surface area (Å²) in [7, 11) is -3.48. The fourth-order valence-electron chi connectivity index (χ4n) is 2.04. The Morgan fingerprint density at radius 3 is 2.76 bits per heavy atom.